The van der Waals surface area contributed by atoms with E-state index in [0.29, 0.717) is 13.1 Å². The molecule has 0 aliphatic rings. The van der Waals surface area contributed by atoms with Gasteiger partial charge in [-0.15, -0.1) is 11.3 Å². The molecule has 0 saturated carbocycles. The highest BCUT2D eigenvalue weighted by atomic mass is 32.1. The number of nitrogens with one attached hydrogen (secondary N) is 2. The maximum absolute atomic E-state index is 12.1. The largest absolute Gasteiger partial charge is 0.497 e. The van der Waals surface area contributed by atoms with Gasteiger partial charge >= 0.3 is 6.03 Å². The third-order valence-electron chi connectivity index (χ3n) is 4.03. The summed E-state index contributed by atoms with van der Waals surface area (Å²) < 4.78 is 7.01. The van der Waals surface area contributed by atoms with Crippen LogP contribution < -0.4 is 15.4 Å². The van der Waals surface area contributed by atoms with Crippen LogP contribution in [0.2, 0.25) is 0 Å². The van der Waals surface area contributed by atoms with Gasteiger partial charge in [-0.2, -0.15) is 5.10 Å². The van der Waals surface area contributed by atoms with Crippen LogP contribution in [-0.4, -0.2) is 36.0 Å². The fourth-order valence-electron chi connectivity index (χ4n) is 2.63. The van der Waals surface area contributed by atoms with E-state index in [0.717, 1.165) is 22.6 Å². The van der Waals surface area contributed by atoms with Crippen LogP contribution in [0.15, 0.2) is 60.2 Å². The highest BCUT2D eigenvalue weighted by Gasteiger charge is 2.16. The lowest BCUT2D eigenvalue weighted by molar-refractivity contribution is 0.239. The summed E-state index contributed by atoms with van der Waals surface area (Å²) in [7, 11) is 1.65. The van der Waals surface area contributed by atoms with Gasteiger partial charge in [0.2, 0.25) is 0 Å². The fourth-order valence-corrected chi connectivity index (χ4v) is 3.45. The van der Waals surface area contributed by atoms with E-state index in [1.807, 2.05) is 52.7 Å². The van der Waals surface area contributed by atoms with Crippen LogP contribution in [-0.2, 0) is 6.42 Å². The van der Waals surface area contributed by atoms with Crippen molar-refractivity contribution in [2.75, 3.05) is 20.2 Å². The Balaban J connectivity index is 1.46. The van der Waals surface area contributed by atoms with Gasteiger partial charge in [0.15, 0.2) is 0 Å². The first kappa shape index (κ1) is 18.0. The van der Waals surface area contributed by atoms with Crippen LogP contribution >= 0.6 is 11.3 Å². The van der Waals surface area contributed by atoms with E-state index in [9.17, 15) is 4.79 Å². The Bertz CT molecular complexity index is 751. The number of amides is 2. The highest BCUT2D eigenvalue weighted by Crippen LogP contribution is 2.21. The van der Waals surface area contributed by atoms with Crippen molar-refractivity contribution < 1.29 is 9.53 Å². The quantitative estimate of drug-likeness (QED) is 0.640. The van der Waals surface area contributed by atoms with Crippen LogP contribution in [0.5, 0.6) is 5.75 Å². The molecule has 1 aromatic carbocycles. The Morgan fingerprint density at radius 1 is 1.23 bits per heavy atom. The number of benzene rings is 1. The second-order valence-electron chi connectivity index (χ2n) is 5.75. The smallest absolute Gasteiger partial charge is 0.314 e. The predicted octanol–water partition coefficient (Wildman–Crippen LogP) is 3.08. The van der Waals surface area contributed by atoms with E-state index in [1.165, 1.54) is 0 Å². The van der Waals surface area contributed by atoms with Crippen molar-refractivity contribution in [2.24, 2.45) is 0 Å². The van der Waals surface area contributed by atoms with Crippen LogP contribution in [0, 0.1) is 0 Å². The summed E-state index contributed by atoms with van der Waals surface area (Å²) in [5.41, 5.74) is 1.15. The number of carbonyl (C=O) groups excluding carboxylic acids is 1. The number of methoxy groups -OCH3 is 1. The summed E-state index contributed by atoms with van der Waals surface area (Å²) in [6, 6.07) is 13.6. The standard InChI is InChI=1S/C19H22N4O2S/c1-25-16-7-5-15(6-8-16)9-11-20-19(24)21-14-17(18-4-2-13-26-18)23-12-3-10-22-23/h2-8,10,12-13,17H,9,11,14H2,1H3,(H2,20,21,24). The van der Waals surface area contributed by atoms with Gasteiger partial charge in [0, 0.05) is 30.4 Å². The molecule has 7 heteroatoms. The number of thiophene rings is 1. The number of ether oxygens (including phenoxy) is 1. The van der Waals surface area contributed by atoms with E-state index < -0.39 is 0 Å². The maximum atomic E-state index is 12.1. The minimum Gasteiger partial charge on any atom is -0.497 e. The topological polar surface area (TPSA) is 68.2 Å². The minimum absolute atomic E-state index is 0.00246. The Hall–Kier alpha value is -2.80. The van der Waals surface area contributed by atoms with E-state index in [2.05, 4.69) is 21.8 Å². The lowest BCUT2D eigenvalue weighted by atomic mass is 10.1. The Morgan fingerprint density at radius 3 is 2.73 bits per heavy atom. The maximum Gasteiger partial charge on any atom is 0.314 e. The first-order valence-corrected chi connectivity index (χ1v) is 9.31. The van der Waals surface area contributed by atoms with Gasteiger partial charge in [-0.25, -0.2) is 4.79 Å². The minimum atomic E-state index is -0.174. The molecule has 0 spiro atoms. The third kappa shape index (κ3) is 4.86. The number of aromatic nitrogens is 2. The molecule has 0 radical (unpaired) electrons. The fraction of sp³-hybridized carbons (Fsp3) is 0.263. The number of nitrogens with zero attached hydrogens (tertiary/aromatic N) is 2. The molecular weight excluding hydrogens is 348 g/mol. The zero-order valence-electron chi connectivity index (χ0n) is 14.6. The number of rotatable bonds is 8. The molecule has 0 aliphatic carbocycles. The van der Waals surface area contributed by atoms with Crippen molar-refractivity contribution in [3.63, 3.8) is 0 Å². The normalized spacial score (nSPS) is 11.7. The van der Waals surface area contributed by atoms with Gasteiger partial charge in [0.05, 0.1) is 7.11 Å². The van der Waals surface area contributed by atoms with Gasteiger partial charge in [-0.3, -0.25) is 4.68 Å². The van der Waals surface area contributed by atoms with Crippen molar-refractivity contribution in [1.82, 2.24) is 20.4 Å². The summed E-state index contributed by atoms with van der Waals surface area (Å²) in [5, 5.41) is 12.2. The molecule has 0 bridgehead atoms. The molecule has 2 N–H and O–H groups in total. The zero-order valence-corrected chi connectivity index (χ0v) is 15.4. The van der Waals surface area contributed by atoms with Crippen molar-refractivity contribution in [1.29, 1.82) is 0 Å². The van der Waals surface area contributed by atoms with Crippen LogP contribution in [0.25, 0.3) is 0 Å². The summed E-state index contributed by atoms with van der Waals surface area (Å²) in [6.45, 7) is 1.06. The number of urea groups is 1. The summed E-state index contributed by atoms with van der Waals surface area (Å²) >= 11 is 1.66. The monoisotopic (exact) mass is 370 g/mol. The highest BCUT2D eigenvalue weighted by molar-refractivity contribution is 7.10. The predicted molar refractivity (Wildman–Crippen MR) is 103 cm³/mol. The van der Waals surface area contributed by atoms with Gasteiger partial charge in [0.1, 0.15) is 11.8 Å². The number of carbonyl (C=O) groups is 1. The summed E-state index contributed by atoms with van der Waals surface area (Å²) in [4.78, 5) is 13.3. The summed E-state index contributed by atoms with van der Waals surface area (Å²) in [6.07, 6.45) is 4.42. The van der Waals surface area contributed by atoms with Crippen LogP contribution in [0.4, 0.5) is 4.79 Å². The van der Waals surface area contributed by atoms with Crippen LogP contribution in [0.3, 0.4) is 0 Å². The molecule has 2 heterocycles. The molecule has 26 heavy (non-hydrogen) atoms. The van der Waals surface area contributed by atoms with Crippen molar-refractivity contribution in [3.05, 3.63) is 70.7 Å². The van der Waals surface area contributed by atoms with E-state index in [-0.39, 0.29) is 12.1 Å². The molecule has 3 aromatic rings. The molecule has 1 unspecified atom stereocenters. The third-order valence-corrected chi connectivity index (χ3v) is 5.00. The molecule has 6 nitrogen and oxygen atoms in total. The number of hydrogen-bond acceptors (Lipinski definition) is 4. The van der Waals surface area contributed by atoms with Crippen LogP contribution in [0.1, 0.15) is 16.5 Å². The molecule has 1 atom stereocenters. The lowest BCUT2D eigenvalue weighted by Gasteiger charge is -2.17. The SMILES string of the molecule is COc1ccc(CCNC(=O)NCC(c2cccs2)n2cccn2)cc1. The average molecular weight is 370 g/mol. The molecule has 0 fully saturated rings. The second-order valence-corrected chi connectivity index (χ2v) is 6.73. The average Bonchev–Trinajstić information content (AvgIpc) is 3.37. The van der Waals surface area contributed by atoms with Crippen molar-refractivity contribution in [2.45, 2.75) is 12.5 Å². The molecule has 2 aromatic heterocycles. The first-order chi connectivity index (χ1) is 12.8. The van der Waals surface area contributed by atoms with Gasteiger partial charge in [0.25, 0.3) is 0 Å². The molecule has 2 amide bonds. The van der Waals surface area contributed by atoms with Gasteiger partial charge < -0.3 is 15.4 Å². The molecule has 3 rings (SSSR count). The Morgan fingerprint density at radius 2 is 2.08 bits per heavy atom. The lowest BCUT2D eigenvalue weighted by Crippen LogP contribution is -2.39. The molecule has 136 valence electrons. The Labute approximate surface area is 156 Å². The van der Waals surface area contributed by atoms with E-state index >= 15 is 0 Å². The van der Waals surface area contributed by atoms with E-state index in [4.69, 9.17) is 4.74 Å². The first-order valence-electron chi connectivity index (χ1n) is 8.43. The van der Waals surface area contributed by atoms with Gasteiger partial charge in [-0.05, 0) is 41.6 Å². The second kappa shape index (κ2) is 9.05. The zero-order chi connectivity index (χ0) is 18.2. The molecule has 0 aliphatic heterocycles. The van der Waals surface area contributed by atoms with Gasteiger partial charge in [-0.1, -0.05) is 18.2 Å². The van der Waals surface area contributed by atoms with E-state index in [1.54, 1.807) is 24.6 Å². The molecular formula is C19H22N4O2S. The number of hydrogen-bond donors (Lipinski definition) is 2. The summed E-state index contributed by atoms with van der Waals surface area (Å²) in [5.74, 6) is 0.831. The van der Waals surface area contributed by atoms with Crippen molar-refractivity contribution >= 4 is 17.4 Å². The molecule has 0 saturated heterocycles. The van der Waals surface area contributed by atoms with Crippen molar-refractivity contribution in [3.8, 4) is 5.75 Å². The Kier molecular flexibility index (Phi) is 6.27.